The van der Waals surface area contributed by atoms with Gasteiger partial charge < -0.3 is 16.4 Å². The summed E-state index contributed by atoms with van der Waals surface area (Å²) in [4.78, 5) is 25.1. The fourth-order valence-electron chi connectivity index (χ4n) is 2.88. The molecule has 7 heteroatoms. The van der Waals surface area contributed by atoms with E-state index in [1.807, 2.05) is 30.5 Å². The van der Waals surface area contributed by atoms with Gasteiger partial charge in [-0.2, -0.15) is 0 Å². The lowest BCUT2D eigenvalue weighted by Crippen LogP contribution is -2.52. The van der Waals surface area contributed by atoms with E-state index in [1.54, 1.807) is 18.2 Å². The number of hydrogen-bond donors (Lipinski definition) is 3. The smallest absolute Gasteiger partial charge is 0.261 e. The summed E-state index contributed by atoms with van der Waals surface area (Å²) in [5, 5.41) is 7.79. The average Bonchev–Trinajstić information content (AvgIpc) is 3.14. The van der Waals surface area contributed by atoms with E-state index in [9.17, 15) is 9.59 Å². The summed E-state index contributed by atoms with van der Waals surface area (Å²) < 4.78 is 0. The van der Waals surface area contributed by atoms with Crippen LogP contribution >= 0.6 is 23.7 Å². The first-order chi connectivity index (χ1) is 12.3. The second-order valence-corrected chi connectivity index (χ2v) is 8.12. The number of carbonyl (C=O) groups is 2. The summed E-state index contributed by atoms with van der Waals surface area (Å²) >= 11 is 1.41. The van der Waals surface area contributed by atoms with Crippen molar-refractivity contribution in [2.45, 2.75) is 39.3 Å². The third-order valence-electron chi connectivity index (χ3n) is 4.14. The zero-order valence-electron chi connectivity index (χ0n) is 16.0. The van der Waals surface area contributed by atoms with Crippen LogP contribution in [0.4, 0.5) is 0 Å². The van der Waals surface area contributed by atoms with Gasteiger partial charge in [0.2, 0.25) is 0 Å². The molecule has 0 bridgehead atoms. The standard InChI is InChI=1S/C20H27N3O2S.ClH/c1-14(2)11-20(3,13-21)23-18(24)16-8-6-15(7-9-16)12-22-19(25)17-5-4-10-26-17;/h4-10,14H,11-13,21H2,1-3H3,(H,22,25)(H,23,24);1H. The van der Waals surface area contributed by atoms with Crippen molar-refractivity contribution >= 4 is 35.6 Å². The van der Waals surface area contributed by atoms with Crippen molar-refractivity contribution in [2.75, 3.05) is 6.54 Å². The number of nitrogens with one attached hydrogen (secondary N) is 2. The molecule has 1 aromatic heterocycles. The highest BCUT2D eigenvalue weighted by Crippen LogP contribution is 2.16. The predicted molar refractivity (Wildman–Crippen MR) is 114 cm³/mol. The first kappa shape index (κ1) is 23.1. The molecule has 4 N–H and O–H groups in total. The second-order valence-electron chi connectivity index (χ2n) is 7.17. The van der Waals surface area contributed by atoms with Gasteiger partial charge in [0, 0.05) is 24.2 Å². The molecular weight excluding hydrogens is 382 g/mol. The van der Waals surface area contributed by atoms with Crippen molar-refractivity contribution in [2.24, 2.45) is 11.7 Å². The van der Waals surface area contributed by atoms with Gasteiger partial charge in [0.05, 0.1) is 4.88 Å². The van der Waals surface area contributed by atoms with Crippen LogP contribution in [0.25, 0.3) is 0 Å². The van der Waals surface area contributed by atoms with Gasteiger partial charge in [0.1, 0.15) is 0 Å². The van der Waals surface area contributed by atoms with Gasteiger partial charge in [-0.05, 0) is 48.4 Å². The molecule has 0 spiro atoms. The number of halogens is 1. The van der Waals surface area contributed by atoms with Crippen molar-refractivity contribution in [3.8, 4) is 0 Å². The van der Waals surface area contributed by atoms with E-state index in [0.29, 0.717) is 29.4 Å². The molecule has 2 rings (SSSR count). The van der Waals surface area contributed by atoms with Gasteiger partial charge in [-0.3, -0.25) is 9.59 Å². The Morgan fingerprint density at radius 1 is 1.15 bits per heavy atom. The molecule has 1 heterocycles. The molecule has 0 aliphatic rings. The predicted octanol–water partition coefficient (Wildman–Crippen LogP) is 3.59. The number of carbonyl (C=O) groups excluding carboxylic acids is 2. The Labute approximate surface area is 171 Å². The van der Waals surface area contributed by atoms with Gasteiger partial charge in [0.25, 0.3) is 11.8 Å². The van der Waals surface area contributed by atoms with Gasteiger partial charge in [-0.15, -0.1) is 23.7 Å². The summed E-state index contributed by atoms with van der Waals surface area (Å²) in [7, 11) is 0. The highest BCUT2D eigenvalue weighted by atomic mass is 35.5. The van der Waals surface area contributed by atoms with Gasteiger partial charge in [-0.25, -0.2) is 0 Å². The van der Waals surface area contributed by atoms with E-state index in [0.717, 1.165) is 12.0 Å². The molecule has 0 radical (unpaired) electrons. The quantitative estimate of drug-likeness (QED) is 0.622. The van der Waals surface area contributed by atoms with Gasteiger partial charge in [-0.1, -0.05) is 32.0 Å². The van der Waals surface area contributed by atoms with E-state index in [1.165, 1.54) is 11.3 Å². The topological polar surface area (TPSA) is 84.2 Å². The first-order valence-corrected chi connectivity index (χ1v) is 9.64. The number of thiophene rings is 1. The zero-order chi connectivity index (χ0) is 19.2. The Hall–Kier alpha value is -1.89. The van der Waals surface area contributed by atoms with Gasteiger partial charge in [0.15, 0.2) is 0 Å². The lowest BCUT2D eigenvalue weighted by molar-refractivity contribution is 0.0896. The number of hydrogen-bond acceptors (Lipinski definition) is 4. The Morgan fingerprint density at radius 2 is 1.81 bits per heavy atom. The lowest BCUT2D eigenvalue weighted by Gasteiger charge is -2.31. The third-order valence-corrected chi connectivity index (χ3v) is 5.01. The summed E-state index contributed by atoms with van der Waals surface area (Å²) in [6.45, 7) is 7.01. The number of amides is 2. The van der Waals surface area contributed by atoms with Crippen LogP contribution in [0, 0.1) is 5.92 Å². The molecule has 0 aliphatic heterocycles. The molecule has 2 amide bonds. The minimum atomic E-state index is -0.418. The van der Waals surface area contributed by atoms with E-state index in [2.05, 4.69) is 24.5 Å². The second kappa shape index (κ2) is 10.4. The summed E-state index contributed by atoms with van der Waals surface area (Å²) in [5.41, 5.74) is 6.97. The van der Waals surface area contributed by atoms with E-state index in [-0.39, 0.29) is 24.2 Å². The van der Waals surface area contributed by atoms with Crippen LogP contribution in [0.1, 0.15) is 52.8 Å². The first-order valence-electron chi connectivity index (χ1n) is 8.76. The highest BCUT2D eigenvalue weighted by molar-refractivity contribution is 7.12. The van der Waals surface area contributed by atoms with E-state index >= 15 is 0 Å². The fraction of sp³-hybridized carbons (Fsp3) is 0.400. The van der Waals surface area contributed by atoms with Crippen LogP contribution < -0.4 is 16.4 Å². The Kier molecular flexibility index (Phi) is 8.96. The molecule has 1 unspecified atom stereocenters. The number of nitrogens with two attached hydrogens (primary N) is 1. The van der Waals surface area contributed by atoms with E-state index in [4.69, 9.17) is 5.73 Å². The molecule has 148 valence electrons. The molecule has 5 nitrogen and oxygen atoms in total. The van der Waals surface area contributed by atoms with Crippen LogP contribution in [0.15, 0.2) is 41.8 Å². The van der Waals surface area contributed by atoms with E-state index < -0.39 is 5.54 Å². The van der Waals surface area contributed by atoms with Crippen molar-refractivity contribution in [1.29, 1.82) is 0 Å². The summed E-state index contributed by atoms with van der Waals surface area (Å²) in [6.07, 6.45) is 0.822. The minimum Gasteiger partial charge on any atom is -0.347 e. The SMILES string of the molecule is CC(C)CC(C)(CN)NC(=O)c1ccc(CNC(=O)c2cccs2)cc1.Cl. The summed E-state index contributed by atoms with van der Waals surface area (Å²) in [6, 6.07) is 10.9. The maximum Gasteiger partial charge on any atom is 0.261 e. The molecule has 1 atom stereocenters. The molecule has 0 fully saturated rings. The molecule has 27 heavy (non-hydrogen) atoms. The lowest BCUT2D eigenvalue weighted by atomic mass is 9.90. The van der Waals surface area contributed by atoms with Crippen molar-refractivity contribution in [1.82, 2.24) is 10.6 Å². The van der Waals surface area contributed by atoms with Crippen LogP contribution in [-0.2, 0) is 6.54 Å². The molecule has 1 aromatic carbocycles. The maximum atomic E-state index is 12.5. The van der Waals surface area contributed by atoms with Crippen LogP contribution in [0.5, 0.6) is 0 Å². The average molecular weight is 410 g/mol. The molecule has 0 aliphatic carbocycles. The van der Waals surface area contributed by atoms with Crippen molar-refractivity contribution < 1.29 is 9.59 Å². The summed E-state index contributed by atoms with van der Waals surface area (Å²) in [5.74, 6) is 0.222. The Balaban J connectivity index is 0.00000364. The van der Waals surface area contributed by atoms with Crippen molar-refractivity contribution in [3.05, 3.63) is 57.8 Å². The Morgan fingerprint density at radius 3 is 2.33 bits per heavy atom. The van der Waals surface area contributed by atoms with Crippen LogP contribution in [-0.4, -0.2) is 23.9 Å². The monoisotopic (exact) mass is 409 g/mol. The Bertz CT molecular complexity index is 732. The maximum absolute atomic E-state index is 12.5. The number of benzene rings is 1. The normalized spacial score (nSPS) is 12.8. The number of rotatable bonds is 8. The molecule has 0 saturated carbocycles. The molecule has 2 aromatic rings. The van der Waals surface area contributed by atoms with Crippen molar-refractivity contribution in [3.63, 3.8) is 0 Å². The third kappa shape index (κ3) is 6.97. The fourth-order valence-corrected chi connectivity index (χ4v) is 3.52. The zero-order valence-corrected chi connectivity index (χ0v) is 17.6. The van der Waals surface area contributed by atoms with Gasteiger partial charge >= 0.3 is 0 Å². The minimum absolute atomic E-state index is 0. The molecule has 0 saturated heterocycles. The largest absolute Gasteiger partial charge is 0.347 e. The van der Waals surface area contributed by atoms with Crippen LogP contribution in [0.2, 0.25) is 0 Å². The molecular formula is C20H28ClN3O2S. The highest BCUT2D eigenvalue weighted by Gasteiger charge is 2.26. The van der Waals surface area contributed by atoms with Crippen LogP contribution in [0.3, 0.4) is 0 Å².